The van der Waals surface area contributed by atoms with Crippen LogP contribution in [0.25, 0.3) is 0 Å². The minimum absolute atomic E-state index is 0.220. The summed E-state index contributed by atoms with van der Waals surface area (Å²) in [6, 6.07) is -2.53. The number of allylic oxidation sites excluding steroid dienone is 2. The molecule has 0 aromatic carbocycles. The van der Waals surface area contributed by atoms with Gasteiger partial charge in [-0.15, -0.1) is 0 Å². The van der Waals surface area contributed by atoms with Crippen molar-refractivity contribution in [3.63, 3.8) is 0 Å². The molecule has 3 heterocycles. The topological polar surface area (TPSA) is 373 Å². The molecule has 86 heavy (non-hydrogen) atoms. The zero-order valence-corrected chi connectivity index (χ0v) is 52.2. The van der Waals surface area contributed by atoms with Crippen LogP contribution in [0.15, 0.2) is 12.2 Å². The fourth-order valence-electron chi connectivity index (χ4n) is 11.6. The summed E-state index contributed by atoms with van der Waals surface area (Å²) in [6.45, 7) is 2.17. The highest BCUT2D eigenvalue weighted by atomic mass is 16.8. The van der Waals surface area contributed by atoms with Gasteiger partial charge in [0.2, 0.25) is 11.8 Å². The number of carbonyl (C=O) groups is 3. The Morgan fingerprint density at radius 2 is 1.08 bits per heavy atom. The van der Waals surface area contributed by atoms with Crippen molar-refractivity contribution in [3.05, 3.63) is 12.2 Å². The summed E-state index contributed by atoms with van der Waals surface area (Å²) in [5.41, 5.74) is 0. The van der Waals surface area contributed by atoms with Gasteiger partial charge in [0.05, 0.1) is 50.7 Å². The summed E-state index contributed by atoms with van der Waals surface area (Å²) in [7, 11) is 0. The molecule has 0 bridgehead atoms. The van der Waals surface area contributed by atoms with Gasteiger partial charge >= 0.3 is 5.97 Å². The quantitative estimate of drug-likeness (QED) is 0.0289. The van der Waals surface area contributed by atoms with Gasteiger partial charge < -0.3 is 100 Å². The minimum Gasteiger partial charge on any atom is -0.477 e. The number of carboxylic acid groups (broad SMARTS) is 1. The third-order valence-electron chi connectivity index (χ3n) is 17.0. The average molecular weight is 1240 g/mol. The molecule has 0 radical (unpaired) electrons. The molecule has 3 rings (SSSR count). The first kappa shape index (κ1) is 77.7. The Morgan fingerprint density at radius 3 is 1.57 bits per heavy atom. The van der Waals surface area contributed by atoms with Gasteiger partial charge in [0.25, 0.3) is 5.79 Å². The van der Waals surface area contributed by atoms with Gasteiger partial charge in [0.15, 0.2) is 12.6 Å². The van der Waals surface area contributed by atoms with Crippen LogP contribution in [-0.4, -0.2) is 215 Å². The van der Waals surface area contributed by atoms with Crippen LogP contribution in [0.2, 0.25) is 0 Å². The van der Waals surface area contributed by atoms with Crippen molar-refractivity contribution in [1.29, 1.82) is 0 Å². The standard InChI is InChI=1S/C63H116N2O21/c1-4-6-8-10-12-14-16-17-18-19-20-21-22-23-24-25-27-29-31-33-35-37-50(73)65-44(45(70)36-34-32-30-28-26-15-13-11-9-7-5-2)42-81-60-55(77)54(76)57(49(41-68)83-60)84-61-56(78)59(53(75)48(40-67)82-61)86-63(62(79)80)38-46(71)51(64-43(3)69)58(85-63)52(74)47(72)39-66/h21-22,44-49,51-61,66-68,70-72,74-78H,4-20,23-42H2,1-3H3,(H,64,69)(H,65,73)(H,79,80)/b22-21-. The normalized spacial score (nSPS) is 29.4. The van der Waals surface area contributed by atoms with E-state index in [2.05, 4.69) is 36.6 Å². The van der Waals surface area contributed by atoms with E-state index in [-0.39, 0.29) is 18.9 Å². The summed E-state index contributed by atoms with van der Waals surface area (Å²) < 4.78 is 34.8. The highest BCUT2D eigenvalue weighted by molar-refractivity contribution is 5.77. The zero-order chi connectivity index (χ0) is 63.3. The number of aliphatic carboxylic acids is 1. The maximum Gasteiger partial charge on any atom is 0.364 e. The first-order valence-electron chi connectivity index (χ1n) is 33.0. The smallest absolute Gasteiger partial charge is 0.364 e. The Balaban J connectivity index is 1.59. The fourth-order valence-corrected chi connectivity index (χ4v) is 11.6. The molecular formula is C63H116N2O21. The lowest BCUT2D eigenvalue weighted by Gasteiger charge is -2.50. The van der Waals surface area contributed by atoms with Crippen molar-refractivity contribution in [1.82, 2.24) is 10.6 Å². The molecule has 3 aliphatic heterocycles. The van der Waals surface area contributed by atoms with E-state index in [0.29, 0.717) is 19.3 Å². The summed E-state index contributed by atoms with van der Waals surface area (Å²) in [4.78, 5) is 38.5. The number of ether oxygens (including phenoxy) is 6. The number of nitrogens with one attached hydrogen (secondary N) is 2. The number of rotatable bonds is 49. The summed E-state index contributed by atoms with van der Waals surface area (Å²) in [5, 5.41) is 136. The van der Waals surface area contributed by atoms with E-state index in [4.69, 9.17) is 28.4 Å². The van der Waals surface area contributed by atoms with Gasteiger partial charge in [-0.2, -0.15) is 0 Å². The van der Waals surface area contributed by atoms with Crippen molar-refractivity contribution in [2.24, 2.45) is 0 Å². The monoisotopic (exact) mass is 1240 g/mol. The van der Waals surface area contributed by atoms with Crippen LogP contribution in [0.3, 0.4) is 0 Å². The molecule has 3 aliphatic rings. The molecule has 0 aromatic heterocycles. The van der Waals surface area contributed by atoms with Crippen molar-refractivity contribution >= 4 is 17.8 Å². The Hall–Kier alpha value is -2.53. The van der Waals surface area contributed by atoms with Crippen molar-refractivity contribution < 1.29 is 104 Å². The first-order valence-corrected chi connectivity index (χ1v) is 33.0. The molecule has 23 heteroatoms. The lowest BCUT2D eigenvalue weighted by atomic mass is 9.88. The Labute approximate surface area is 511 Å². The highest BCUT2D eigenvalue weighted by Gasteiger charge is 2.60. The molecule has 18 atom stereocenters. The van der Waals surface area contributed by atoms with Crippen LogP contribution < -0.4 is 10.6 Å². The maximum atomic E-state index is 13.4. The van der Waals surface area contributed by atoms with Gasteiger partial charge in [0, 0.05) is 19.8 Å². The van der Waals surface area contributed by atoms with Gasteiger partial charge in [-0.25, -0.2) is 4.79 Å². The summed E-state index contributed by atoms with van der Waals surface area (Å²) >= 11 is 0. The number of hydrogen-bond acceptors (Lipinski definition) is 20. The Bertz CT molecular complexity index is 1810. The molecule has 0 aliphatic carbocycles. The van der Waals surface area contributed by atoms with Gasteiger partial charge in [-0.05, 0) is 38.5 Å². The molecule has 14 N–H and O–H groups in total. The van der Waals surface area contributed by atoms with Gasteiger partial charge in [0.1, 0.15) is 67.1 Å². The van der Waals surface area contributed by atoms with Crippen LogP contribution in [0.1, 0.15) is 233 Å². The van der Waals surface area contributed by atoms with Gasteiger partial charge in [-0.1, -0.05) is 187 Å². The third-order valence-corrected chi connectivity index (χ3v) is 17.0. The molecule has 0 aromatic rings. The van der Waals surface area contributed by atoms with Gasteiger partial charge in [-0.3, -0.25) is 9.59 Å². The predicted molar refractivity (Wildman–Crippen MR) is 320 cm³/mol. The second-order valence-electron chi connectivity index (χ2n) is 24.3. The third kappa shape index (κ3) is 27.9. The van der Waals surface area contributed by atoms with Crippen molar-refractivity contribution in [2.45, 2.75) is 342 Å². The summed E-state index contributed by atoms with van der Waals surface area (Å²) in [6.07, 6.45) is 10.9. The molecular weight excluding hydrogens is 1120 g/mol. The van der Waals surface area contributed by atoms with Crippen LogP contribution >= 0.6 is 0 Å². The zero-order valence-electron chi connectivity index (χ0n) is 52.2. The number of carbonyl (C=O) groups excluding carboxylic acids is 2. The number of unbranched alkanes of at least 4 members (excludes halogenated alkanes) is 27. The van der Waals surface area contributed by atoms with E-state index >= 15 is 0 Å². The van der Waals surface area contributed by atoms with E-state index in [9.17, 15) is 75.7 Å². The lowest BCUT2D eigenvalue weighted by Crippen LogP contribution is -2.70. The number of carboxylic acids is 1. The van der Waals surface area contributed by atoms with Crippen LogP contribution in [0.5, 0.6) is 0 Å². The summed E-state index contributed by atoms with van der Waals surface area (Å²) in [5.74, 6) is -6.11. The number of aliphatic hydroxyl groups excluding tert-OH is 11. The van der Waals surface area contributed by atoms with Crippen LogP contribution in [0, 0.1) is 0 Å². The largest absolute Gasteiger partial charge is 0.477 e. The number of hydrogen-bond donors (Lipinski definition) is 14. The predicted octanol–water partition coefficient (Wildman–Crippen LogP) is 4.73. The van der Waals surface area contributed by atoms with E-state index in [1.165, 1.54) is 103 Å². The number of aliphatic hydroxyl groups is 11. The van der Waals surface area contributed by atoms with E-state index < -0.39 is 148 Å². The van der Waals surface area contributed by atoms with Crippen molar-refractivity contribution in [3.8, 4) is 0 Å². The second-order valence-corrected chi connectivity index (χ2v) is 24.3. The molecule has 0 saturated carbocycles. The van der Waals surface area contributed by atoms with E-state index in [1.54, 1.807) is 0 Å². The molecule has 2 amide bonds. The highest BCUT2D eigenvalue weighted by Crippen LogP contribution is 2.39. The van der Waals surface area contributed by atoms with Crippen LogP contribution in [-0.2, 0) is 42.8 Å². The SMILES string of the molecule is CCCCCCCCCCCC/C=C\CCCCCCCCCC(=O)NC(COC1OC(CO)C(OC2OC(CO)C(O)C(OC3(C(=O)O)CC(O)C(NC(C)=O)C(C(O)C(O)CO)O3)C2O)C(O)C1O)C(O)CCCCCCCCCCCCC. The molecule has 0 spiro atoms. The Morgan fingerprint density at radius 1 is 0.593 bits per heavy atom. The molecule has 504 valence electrons. The fraction of sp³-hybridized carbons (Fsp3) is 0.921. The molecule has 3 fully saturated rings. The van der Waals surface area contributed by atoms with E-state index in [1.807, 2.05) is 0 Å². The average Bonchev–Trinajstić information content (AvgIpc) is 1.18. The molecule has 3 saturated heterocycles. The lowest BCUT2D eigenvalue weighted by molar-refractivity contribution is -0.386. The van der Waals surface area contributed by atoms with Crippen LogP contribution in [0.4, 0.5) is 0 Å². The maximum absolute atomic E-state index is 13.4. The molecule has 23 nitrogen and oxygen atoms in total. The second kappa shape index (κ2) is 44.9. The Kier molecular flexibility index (Phi) is 40.5. The minimum atomic E-state index is -3.08. The van der Waals surface area contributed by atoms with E-state index in [0.717, 1.165) is 84.0 Å². The number of amides is 2. The first-order chi connectivity index (χ1) is 41.4. The van der Waals surface area contributed by atoms with Crippen molar-refractivity contribution in [2.75, 3.05) is 26.4 Å². The molecule has 18 unspecified atom stereocenters.